The molecule has 0 bridgehead atoms. The van der Waals surface area contributed by atoms with Crippen molar-refractivity contribution >= 4 is 27.3 Å². The first-order valence-electron chi connectivity index (χ1n) is 8.99. The molecule has 0 saturated carbocycles. The summed E-state index contributed by atoms with van der Waals surface area (Å²) in [5, 5.41) is 0.402. The Bertz CT molecular complexity index is 1090. The van der Waals surface area contributed by atoms with Gasteiger partial charge in [-0.05, 0) is 48.4 Å². The van der Waals surface area contributed by atoms with E-state index in [1.165, 1.54) is 0 Å². The predicted octanol–water partition coefficient (Wildman–Crippen LogP) is 4.29. The van der Waals surface area contributed by atoms with Crippen molar-refractivity contribution in [1.82, 2.24) is 9.88 Å². The number of aryl methyl sites for hydroxylation is 1. The molecule has 0 aliphatic heterocycles. The van der Waals surface area contributed by atoms with E-state index >= 15 is 0 Å². The van der Waals surface area contributed by atoms with Gasteiger partial charge in [-0.3, -0.25) is 4.79 Å². The second-order valence-corrected chi connectivity index (χ2v) is 9.30. The van der Waals surface area contributed by atoms with Crippen LogP contribution in [0, 0.1) is 6.92 Å². The van der Waals surface area contributed by atoms with Crippen molar-refractivity contribution in [2.45, 2.75) is 24.1 Å². The van der Waals surface area contributed by atoms with Crippen molar-refractivity contribution in [1.29, 1.82) is 0 Å². The smallest absolute Gasteiger partial charge is 0.253 e. The Hall–Kier alpha value is -2.70. The van der Waals surface area contributed by atoms with Crippen molar-refractivity contribution in [2.75, 3.05) is 7.05 Å². The lowest BCUT2D eigenvalue weighted by molar-refractivity contribution is 0.0785. The number of halogens is 1. The zero-order valence-corrected chi connectivity index (χ0v) is 17.7. The van der Waals surface area contributed by atoms with Crippen LogP contribution in [0.3, 0.4) is 0 Å². The van der Waals surface area contributed by atoms with Gasteiger partial charge in [-0.1, -0.05) is 47.5 Å². The largest absolute Gasteiger partial charge is 0.337 e. The molecule has 1 aromatic heterocycles. The van der Waals surface area contributed by atoms with E-state index in [-0.39, 0.29) is 11.7 Å². The number of pyridine rings is 1. The Balaban J connectivity index is 1.68. The lowest BCUT2D eigenvalue weighted by Gasteiger charge is -2.17. The normalized spacial score (nSPS) is 11.3. The summed E-state index contributed by atoms with van der Waals surface area (Å²) >= 11 is 5.78. The number of nitrogens with zero attached hydrogens (tertiary/aromatic N) is 2. The van der Waals surface area contributed by atoms with Crippen LogP contribution in [0.15, 0.2) is 71.8 Å². The van der Waals surface area contributed by atoms with Gasteiger partial charge < -0.3 is 4.90 Å². The molecular formula is C22H21ClN2O3S. The van der Waals surface area contributed by atoms with Crippen LogP contribution >= 0.6 is 11.6 Å². The van der Waals surface area contributed by atoms with Crippen LogP contribution in [0.4, 0.5) is 0 Å². The van der Waals surface area contributed by atoms with Gasteiger partial charge in [0, 0.05) is 25.4 Å². The Labute approximate surface area is 175 Å². The van der Waals surface area contributed by atoms with Crippen molar-refractivity contribution in [2.24, 2.45) is 0 Å². The summed E-state index contributed by atoms with van der Waals surface area (Å²) in [4.78, 5) is 18.5. The van der Waals surface area contributed by atoms with E-state index in [4.69, 9.17) is 11.6 Å². The molecule has 1 heterocycles. The number of sulfone groups is 1. The molecule has 2 aromatic carbocycles. The molecule has 0 aliphatic carbocycles. The number of carbonyl (C=O) groups is 1. The number of benzene rings is 2. The maximum atomic E-state index is 12.6. The number of hydrogen-bond donors (Lipinski definition) is 0. The second kappa shape index (κ2) is 8.76. The number of rotatable bonds is 6. The van der Waals surface area contributed by atoms with Crippen LogP contribution in [0.1, 0.15) is 27.0 Å². The maximum absolute atomic E-state index is 12.6. The maximum Gasteiger partial charge on any atom is 0.253 e. The van der Waals surface area contributed by atoms with E-state index in [0.717, 1.165) is 11.1 Å². The van der Waals surface area contributed by atoms with E-state index in [0.29, 0.717) is 27.7 Å². The van der Waals surface area contributed by atoms with E-state index in [9.17, 15) is 13.2 Å². The van der Waals surface area contributed by atoms with Gasteiger partial charge in [0.15, 0.2) is 9.84 Å². The molecule has 0 radical (unpaired) electrons. The minimum Gasteiger partial charge on any atom is -0.337 e. The monoisotopic (exact) mass is 428 g/mol. The zero-order chi connectivity index (χ0) is 21.0. The number of aromatic nitrogens is 1. The quantitative estimate of drug-likeness (QED) is 0.549. The fourth-order valence-corrected chi connectivity index (χ4v) is 4.32. The summed E-state index contributed by atoms with van der Waals surface area (Å²) in [6.45, 7) is 2.30. The third-order valence-corrected chi connectivity index (χ3v) is 6.42. The molecule has 0 N–H and O–H groups in total. The molecule has 0 atom stereocenters. The molecule has 0 aliphatic rings. The molecule has 5 nitrogen and oxygen atoms in total. The van der Waals surface area contributed by atoms with Crippen molar-refractivity contribution in [3.63, 3.8) is 0 Å². The molecule has 0 unspecified atom stereocenters. The zero-order valence-electron chi connectivity index (χ0n) is 16.2. The summed E-state index contributed by atoms with van der Waals surface area (Å²) in [5.74, 6) is -0.274. The molecule has 150 valence electrons. The lowest BCUT2D eigenvalue weighted by atomic mass is 10.1. The van der Waals surface area contributed by atoms with E-state index in [2.05, 4.69) is 4.98 Å². The Morgan fingerprint density at radius 2 is 1.59 bits per heavy atom. The summed E-state index contributed by atoms with van der Waals surface area (Å²) in [5.41, 5.74) is 2.99. The van der Waals surface area contributed by atoms with Gasteiger partial charge in [0.1, 0.15) is 5.15 Å². The molecule has 3 rings (SSSR count). The van der Waals surface area contributed by atoms with Gasteiger partial charge in [-0.2, -0.15) is 0 Å². The number of hydrogen-bond acceptors (Lipinski definition) is 4. The topological polar surface area (TPSA) is 67.3 Å². The van der Waals surface area contributed by atoms with Gasteiger partial charge in [-0.25, -0.2) is 13.4 Å². The minimum absolute atomic E-state index is 0.114. The van der Waals surface area contributed by atoms with E-state index in [1.54, 1.807) is 72.7 Å². The molecule has 0 spiro atoms. The highest BCUT2D eigenvalue weighted by Gasteiger charge is 2.17. The van der Waals surface area contributed by atoms with Gasteiger partial charge in [-0.15, -0.1) is 0 Å². The third-order valence-electron chi connectivity index (χ3n) is 4.49. The van der Waals surface area contributed by atoms with Crippen LogP contribution in [0.25, 0.3) is 0 Å². The lowest BCUT2D eigenvalue weighted by Crippen LogP contribution is -2.26. The molecule has 0 fully saturated rings. The Kier molecular flexibility index (Phi) is 6.35. The van der Waals surface area contributed by atoms with Gasteiger partial charge in [0.25, 0.3) is 5.91 Å². The van der Waals surface area contributed by atoms with E-state index < -0.39 is 9.84 Å². The number of carbonyl (C=O) groups excluding carboxylic acids is 1. The summed E-state index contributed by atoms with van der Waals surface area (Å²) in [6.07, 6.45) is 1.63. The van der Waals surface area contributed by atoms with Gasteiger partial charge in [0.2, 0.25) is 0 Å². The predicted molar refractivity (Wildman–Crippen MR) is 114 cm³/mol. The third kappa shape index (κ3) is 5.43. The number of amides is 1. The minimum atomic E-state index is -3.44. The van der Waals surface area contributed by atoms with Crippen LogP contribution in [-0.4, -0.2) is 31.3 Å². The summed E-state index contributed by atoms with van der Waals surface area (Å²) < 4.78 is 25.2. The van der Waals surface area contributed by atoms with E-state index in [1.807, 2.05) is 13.0 Å². The van der Waals surface area contributed by atoms with Crippen molar-refractivity contribution in [3.05, 3.63) is 94.3 Å². The highest BCUT2D eigenvalue weighted by Crippen LogP contribution is 2.18. The first-order valence-corrected chi connectivity index (χ1v) is 11.0. The summed E-state index contributed by atoms with van der Waals surface area (Å²) in [7, 11) is -1.74. The van der Waals surface area contributed by atoms with Crippen molar-refractivity contribution < 1.29 is 13.2 Å². The Morgan fingerprint density at radius 3 is 2.17 bits per heavy atom. The van der Waals surface area contributed by atoms with Crippen LogP contribution in [0.2, 0.25) is 5.15 Å². The van der Waals surface area contributed by atoms with Crippen molar-refractivity contribution in [3.8, 4) is 0 Å². The van der Waals surface area contributed by atoms with Crippen LogP contribution in [-0.2, 0) is 22.1 Å². The molecule has 0 saturated heterocycles. The fraction of sp³-hybridized carbons (Fsp3) is 0.182. The molecule has 3 aromatic rings. The second-order valence-electron chi connectivity index (χ2n) is 6.92. The standard InChI is InChI=1S/C22H21ClN2O3S/c1-16-3-10-20(11-4-16)29(27,28)15-17-5-8-19(9-6-17)22(26)25(2)14-18-7-12-21(23)24-13-18/h3-13H,14-15H2,1-2H3. The molecule has 29 heavy (non-hydrogen) atoms. The molecule has 7 heteroatoms. The molecule has 1 amide bonds. The first kappa shape index (κ1) is 21.0. The summed E-state index contributed by atoms with van der Waals surface area (Å²) in [6, 6.07) is 16.9. The fourth-order valence-electron chi connectivity index (χ4n) is 2.86. The molecular weight excluding hydrogens is 408 g/mol. The Morgan fingerprint density at radius 1 is 0.966 bits per heavy atom. The van der Waals surface area contributed by atoms with Crippen LogP contribution in [0.5, 0.6) is 0 Å². The highest BCUT2D eigenvalue weighted by atomic mass is 35.5. The van der Waals surface area contributed by atoms with Gasteiger partial charge >= 0.3 is 0 Å². The highest BCUT2D eigenvalue weighted by molar-refractivity contribution is 7.90. The first-order chi connectivity index (χ1) is 13.7. The van der Waals surface area contributed by atoms with Gasteiger partial charge in [0.05, 0.1) is 10.6 Å². The SMILES string of the molecule is Cc1ccc(S(=O)(=O)Cc2ccc(C(=O)N(C)Cc3ccc(Cl)nc3)cc2)cc1. The van der Waals surface area contributed by atoms with Crippen LogP contribution < -0.4 is 0 Å². The average molecular weight is 429 g/mol. The average Bonchev–Trinajstić information content (AvgIpc) is 2.70.